The van der Waals surface area contributed by atoms with Crippen LogP contribution in [0.4, 0.5) is 5.69 Å². The van der Waals surface area contributed by atoms with Crippen molar-refractivity contribution < 1.29 is 5.11 Å². The van der Waals surface area contributed by atoms with Gasteiger partial charge in [-0.3, -0.25) is 0 Å². The minimum atomic E-state index is 0.0361. The minimum Gasteiger partial charge on any atom is -0.396 e. The van der Waals surface area contributed by atoms with Crippen molar-refractivity contribution in [3.05, 3.63) is 29.8 Å². The molecule has 0 heterocycles. The molecule has 0 spiro atoms. The monoisotopic (exact) mass is 248 g/mol. The van der Waals surface area contributed by atoms with E-state index in [-0.39, 0.29) is 17.9 Å². The zero-order valence-corrected chi connectivity index (χ0v) is 11.4. The average Bonchev–Trinajstić information content (AvgIpc) is 2.34. The molecule has 1 aromatic rings. The zero-order valence-electron chi connectivity index (χ0n) is 11.4. The maximum absolute atomic E-state index is 9.68. The molecule has 0 bridgehead atoms. The van der Waals surface area contributed by atoms with Crippen molar-refractivity contribution in [2.24, 2.45) is 11.1 Å². The first kappa shape index (κ1) is 13.4. The van der Waals surface area contributed by atoms with Gasteiger partial charge >= 0.3 is 0 Å². The molecular formula is C15H24N2O. The molecule has 1 atom stereocenters. The van der Waals surface area contributed by atoms with E-state index in [1.165, 1.54) is 17.7 Å². The van der Waals surface area contributed by atoms with Crippen molar-refractivity contribution in [3.8, 4) is 0 Å². The third-order valence-corrected chi connectivity index (χ3v) is 4.45. The standard InChI is InChI=1S/C15H24N2O/c1-17(2)13-6-4-12(5-7-13)14(10-16)15(11-18)8-3-9-15/h4-7,14,18H,3,8-11,16H2,1-2H3. The molecular weight excluding hydrogens is 224 g/mol. The molecule has 1 saturated carbocycles. The first-order valence-corrected chi connectivity index (χ1v) is 6.71. The molecule has 0 amide bonds. The molecule has 100 valence electrons. The highest BCUT2D eigenvalue weighted by molar-refractivity contribution is 5.47. The van der Waals surface area contributed by atoms with Crippen LogP contribution in [0.2, 0.25) is 0 Å². The van der Waals surface area contributed by atoms with Gasteiger partial charge in [0.15, 0.2) is 0 Å². The van der Waals surface area contributed by atoms with Gasteiger partial charge in [-0.25, -0.2) is 0 Å². The van der Waals surface area contributed by atoms with Crippen molar-refractivity contribution in [1.82, 2.24) is 0 Å². The molecule has 1 aliphatic rings. The summed E-state index contributed by atoms with van der Waals surface area (Å²) in [5.41, 5.74) is 8.44. The molecule has 1 aliphatic carbocycles. The second-order valence-corrected chi connectivity index (χ2v) is 5.65. The van der Waals surface area contributed by atoms with E-state index in [1.807, 2.05) is 14.1 Å². The number of aliphatic hydroxyl groups excluding tert-OH is 1. The summed E-state index contributed by atoms with van der Waals surface area (Å²) in [4.78, 5) is 2.09. The third kappa shape index (κ3) is 2.25. The third-order valence-electron chi connectivity index (χ3n) is 4.45. The predicted molar refractivity (Wildman–Crippen MR) is 75.9 cm³/mol. The Morgan fingerprint density at radius 2 is 1.89 bits per heavy atom. The molecule has 0 aromatic heterocycles. The summed E-state index contributed by atoms with van der Waals surface area (Å²) in [6, 6.07) is 8.56. The van der Waals surface area contributed by atoms with Crippen molar-refractivity contribution in [3.63, 3.8) is 0 Å². The van der Waals surface area contributed by atoms with E-state index in [0.717, 1.165) is 12.8 Å². The molecule has 0 saturated heterocycles. The average molecular weight is 248 g/mol. The first-order valence-electron chi connectivity index (χ1n) is 6.71. The summed E-state index contributed by atoms with van der Waals surface area (Å²) >= 11 is 0. The fourth-order valence-electron chi connectivity index (χ4n) is 2.99. The second kappa shape index (κ2) is 5.29. The fourth-order valence-corrected chi connectivity index (χ4v) is 2.99. The minimum absolute atomic E-state index is 0.0361. The Labute approximate surface area is 110 Å². The quantitative estimate of drug-likeness (QED) is 0.837. The van der Waals surface area contributed by atoms with E-state index in [2.05, 4.69) is 29.2 Å². The molecule has 3 heteroatoms. The van der Waals surface area contributed by atoms with E-state index in [4.69, 9.17) is 5.73 Å². The number of nitrogens with zero attached hydrogens (tertiary/aromatic N) is 1. The Bertz CT molecular complexity index is 376. The normalized spacial score (nSPS) is 19.1. The number of anilines is 1. The molecule has 18 heavy (non-hydrogen) atoms. The molecule has 2 rings (SSSR count). The van der Waals surface area contributed by atoms with Gasteiger partial charge in [-0.05, 0) is 37.1 Å². The highest BCUT2D eigenvalue weighted by atomic mass is 16.3. The van der Waals surface area contributed by atoms with Gasteiger partial charge in [0.25, 0.3) is 0 Å². The van der Waals surface area contributed by atoms with Crippen molar-refractivity contribution in [2.45, 2.75) is 25.2 Å². The van der Waals surface area contributed by atoms with Gasteiger partial charge < -0.3 is 15.7 Å². The highest BCUT2D eigenvalue weighted by Crippen LogP contribution is 2.50. The summed E-state index contributed by atoms with van der Waals surface area (Å²) < 4.78 is 0. The highest BCUT2D eigenvalue weighted by Gasteiger charge is 2.43. The maximum atomic E-state index is 9.68. The lowest BCUT2D eigenvalue weighted by Gasteiger charge is -2.46. The molecule has 0 radical (unpaired) electrons. The zero-order chi connectivity index (χ0) is 13.2. The Morgan fingerprint density at radius 1 is 1.28 bits per heavy atom. The van der Waals surface area contributed by atoms with Gasteiger partial charge in [0.2, 0.25) is 0 Å². The van der Waals surface area contributed by atoms with Gasteiger partial charge in [0.1, 0.15) is 0 Å². The predicted octanol–water partition coefficient (Wildman–Crippen LogP) is 1.96. The van der Waals surface area contributed by atoms with Crippen LogP contribution in [-0.2, 0) is 0 Å². The number of hydrogen-bond acceptors (Lipinski definition) is 3. The number of nitrogens with two attached hydrogens (primary N) is 1. The van der Waals surface area contributed by atoms with Crippen LogP contribution in [0.25, 0.3) is 0 Å². The van der Waals surface area contributed by atoms with Crippen molar-refractivity contribution in [2.75, 3.05) is 32.1 Å². The molecule has 1 fully saturated rings. The van der Waals surface area contributed by atoms with Crippen LogP contribution < -0.4 is 10.6 Å². The van der Waals surface area contributed by atoms with Crippen LogP contribution in [0, 0.1) is 5.41 Å². The lowest BCUT2D eigenvalue weighted by molar-refractivity contribution is 0.0192. The number of hydrogen-bond donors (Lipinski definition) is 2. The smallest absolute Gasteiger partial charge is 0.0493 e. The lowest BCUT2D eigenvalue weighted by Crippen LogP contribution is -2.42. The Morgan fingerprint density at radius 3 is 2.22 bits per heavy atom. The number of aliphatic hydroxyl groups is 1. The van der Waals surface area contributed by atoms with Crippen LogP contribution in [-0.4, -0.2) is 32.4 Å². The van der Waals surface area contributed by atoms with Crippen LogP contribution >= 0.6 is 0 Å². The fraction of sp³-hybridized carbons (Fsp3) is 0.600. The molecule has 0 aliphatic heterocycles. The summed E-state index contributed by atoms with van der Waals surface area (Å²) in [6.07, 6.45) is 3.41. The van der Waals surface area contributed by atoms with Gasteiger partial charge in [0.05, 0.1) is 0 Å². The van der Waals surface area contributed by atoms with Crippen LogP contribution in [0.15, 0.2) is 24.3 Å². The molecule has 1 unspecified atom stereocenters. The van der Waals surface area contributed by atoms with Crippen molar-refractivity contribution >= 4 is 5.69 Å². The topological polar surface area (TPSA) is 49.5 Å². The van der Waals surface area contributed by atoms with Crippen LogP contribution in [0.3, 0.4) is 0 Å². The van der Waals surface area contributed by atoms with Gasteiger partial charge in [0, 0.05) is 37.7 Å². The first-order chi connectivity index (χ1) is 8.63. The molecule has 1 aromatic carbocycles. The Balaban J connectivity index is 2.22. The van der Waals surface area contributed by atoms with Crippen molar-refractivity contribution in [1.29, 1.82) is 0 Å². The summed E-state index contributed by atoms with van der Waals surface area (Å²) in [5.74, 6) is 0.285. The molecule has 3 N–H and O–H groups in total. The van der Waals surface area contributed by atoms with Crippen LogP contribution in [0.1, 0.15) is 30.7 Å². The van der Waals surface area contributed by atoms with E-state index < -0.39 is 0 Å². The molecule has 3 nitrogen and oxygen atoms in total. The van der Waals surface area contributed by atoms with Crippen LogP contribution in [0.5, 0.6) is 0 Å². The Kier molecular flexibility index (Phi) is 3.93. The SMILES string of the molecule is CN(C)c1ccc(C(CN)C2(CO)CCC2)cc1. The Hall–Kier alpha value is -1.06. The number of rotatable bonds is 5. The number of benzene rings is 1. The van der Waals surface area contributed by atoms with E-state index in [0.29, 0.717) is 6.54 Å². The largest absolute Gasteiger partial charge is 0.396 e. The summed E-state index contributed by atoms with van der Waals surface area (Å²) in [6.45, 7) is 0.867. The van der Waals surface area contributed by atoms with Gasteiger partial charge in [-0.2, -0.15) is 0 Å². The maximum Gasteiger partial charge on any atom is 0.0493 e. The lowest BCUT2D eigenvalue weighted by atomic mass is 9.60. The second-order valence-electron chi connectivity index (χ2n) is 5.65. The van der Waals surface area contributed by atoms with Gasteiger partial charge in [-0.15, -0.1) is 0 Å². The van der Waals surface area contributed by atoms with Gasteiger partial charge in [-0.1, -0.05) is 18.6 Å². The van der Waals surface area contributed by atoms with E-state index >= 15 is 0 Å². The summed E-state index contributed by atoms with van der Waals surface area (Å²) in [5, 5.41) is 9.68. The van der Waals surface area contributed by atoms with E-state index in [9.17, 15) is 5.11 Å². The van der Waals surface area contributed by atoms with E-state index in [1.54, 1.807) is 0 Å². The summed E-state index contributed by atoms with van der Waals surface area (Å²) in [7, 11) is 4.08.